The van der Waals surface area contributed by atoms with E-state index in [-0.39, 0.29) is 16.4 Å². The van der Waals surface area contributed by atoms with Gasteiger partial charge in [-0.3, -0.25) is 4.79 Å². The van der Waals surface area contributed by atoms with Crippen molar-refractivity contribution < 1.29 is 36.4 Å². The lowest BCUT2D eigenvalue weighted by molar-refractivity contribution is -0.274. The van der Waals surface area contributed by atoms with E-state index in [1.165, 1.54) is 13.0 Å². The molecule has 28 heavy (non-hydrogen) atoms. The molecule has 1 saturated heterocycles. The van der Waals surface area contributed by atoms with Crippen LogP contribution in [0.2, 0.25) is 0 Å². The van der Waals surface area contributed by atoms with Gasteiger partial charge in [-0.2, -0.15) is 0 Å². The zero-order chi connectivity index (χ0) is 21.3. The van der Waals surface area contributed by atoms with Gasteiger partial charge in [0.25, 0.3) is 0 Å². The molecule has 0 spiro atoms. The van der Waals surface area contributed by atoms with Crippen LogP contribution >= 0.6 is 11.8 Å². The Bertz CT molecular complexity index is 761. The van der Waals surface area contributed by atoms with Crippen molar-refractivity contribution in [2.45, 2.75) is 52.2 Å². The number of benzene rings is 1. The minimum Gasteiger partial charge on any atom is -0.406 e. The van der Waals surface area contributed by atoms with Crippen molar-refractivity contribution in [2.24, 2.45) is 0 Å². The third-order valence-corrected chi connectivity index (χ3v) is 5.42. The largest absolute Gasteiger partial charge is 0.573 e. The van der Waals surface area contributed by atoms with Crippen LogP contribution in [0.5, 0.6) is 5.75 Å². The second kappa shape index (κ2) is 8.08. The Hall–Kier alpha value is -1.52. The van der Waals surface area contributed by atoms with Gasteiger partial charge in [0.1, 0.15) is 11.6 Å². The van der Waals surface area contributed by atoms with Gasteiger partial charge in [0.15, 0.2) is 5.12 Å². The van der Waals surface area contributed by atoms with Gasteiger partial charge in [-0.05, 0) is 51.4 Å². The third-order valence-electron chi connectivity index (χ3n) is 4.54. The van der Waals surface area contributed by atoms with Crippen molar-refractivity contribution in [3.05, 3.63) is 35.1 Å². The van der Waals surface area contributed by atoms with Crippen LogP contribution in [0.4, 0.5) is 17.6 Å². The first kappa shape index (κ1) is 22.8. The standard InChI is InChI=1S/C18H21BF4O4S/c1-11(24)28-10-13(19-26-16(2,3)17(4,5)27-19)8-12-9-14(6-7-15(12)20)25-18(21,22)23/h6-9H,10H2,1-5H3. The van der Waals surface area contributed by atoms with Crippen molar-refractivity contribution >= 4 is 30.1 Å². The number of alkyl halides is 3. The van der Waals surface area contributed by atoms with Gasteiger partial charge in [0.2, 0.25) is 0 Å². The van der Waals surface area contributed by atoms with Gasteiger partial charge >= 0.3 is 13.5 Å². The predicted molar refractivity (Wildman–Crippen MR) is 100 cm³/mol. The number of rotatable bonds is 5. The topological polar surface area (TPSA) is 44.8 Å². The van der Waals surface area contributed by atoms with E-state index in [1.807, 2.05) is 27.7 Å². The molecule has 0 aromatic heterocycles. The Kier molecular flexibility index (Phi) is 6.57. The minimum atomic E-state index is -4.89. The Morgan fingerprint density at radius 2 is 1.79 bits per heavy atom. The highest BCUT2D eigenvalue weighted by Gasteiger charge is 2.52. The molecule has 0 aliphatic carbocycles. The Balaban J connectivity index is 2.40. The highest BCUT2D eigenvalue weighted by atomic mass is 32.2. The fourth-order valence-electron chi connectivity index (χ4n) is 2.39. The number of carbonyl (C=O) groups is 1. The number of hydrogen-bond acceptors (Lipinski definition) is 5. The molecule has 1 aliphatic rings. The molecule has 0 bridgehead atoms. The molecule has 1 heterocycles. The van der Waals surface area contributed by atoms with Gasteiger partial charge in [-0.15, -0.1) is 13.2 Å². The van der Waals surface area contributed by atoms with Crippen molar-refractivity contribution in [1.82, 2.24) is 0 Å². The van der Waals surface area contributed by atoms with Crippen LogP contribution in [0.3, 0.4) is 0 Å². The van der Waals surface area contributed by atoms with Crippen LogP contribution in [-0.4, -0.2) is 35.6 Å². The quantitative estimate of drug-likeness (QED) is 0.495. The van der Waals surface area contributed by atoms with Crippen LogP contribution < -0.4 is 4.74 Å². The van der Waals surface area contributed by atoms with Crippen molar-refractivity contribution in [2.75, 3.05) is 5.75 Å². The summed E-state index contributed by atoms with van der Waals surface area (Å²) in [5.41, 5.74) is -1.05. The van der Waals surface area contributed by atoms with E-state index >= 15 is 0 Å². The molecule has 0 saturated carbocycles. The van der Waals surface area contributed by atoms with Crippen molar-refractivity contribution in [3.8, 4) is 5.75 Å². The summed E-state index contributed by atoms with van der Waals surface area (Å²) in [6, 6.07) is 2.71. The fraction of sp³-hybridized carbons (Fsp3) is 0.500. The zero-order valence-corrected chi connectivity index (χ0v) is 17.0. The number of thioether (sulfide) groups is 1. The first-order chi connectivity index (χ1) is 12.7. The molecule has 4 nitrogen and oxygen atoms in total. The number of carbonyl (C=O) groups excluding carboxylic acids is 1. The summed E-state index contributed by atoms with van der Waals surface area (Å²) >= 11 is 0.965. The molecule has 0 N–H and O–H groups in total. The third kappa shape index (κ3) is 5.74. The normalized spacial score (nSPS) is 19.0. The molecule has 0 unspecified atom stereocenters. The lowest BCUT2D eigenvalue weighted by Gasteiger charge is -2.32. The maximum atomic E-state index is 14.2. The molecule has 1 aliphatic heterocycles. The molecule has 0 amide bonds. The van der Waals surface area contributed by atoms with Crippen LogP contribution in [0.25, 0.3) is 6.08 Å². The molecule has 1 aromatic rings. The lowest BCUT2D eigenvalue weighted by Crippen LogP contribution is -2.41. The smallest absolute Gasteiger partial charge is 0.406 e. The molecular weight excluding hydrogens is 399 g/mol. The Morgan fingerprint density at radius 3 is 2.29 bits per heavy atom. The maximum absolute atomic E-state index is 14.2. The summed E-state index contributed by atoms with van der Waals surface area (Å²) in [6.07, 6.45) is -3.56. The van der Waals surface area contributed by atoms with Gasteiger partial charge in [0.05, 0.1) is 11.2 Å². The molecular formula is C18H21BF4O4S. The van der Waals surface area contributed by atoms with E-state index in [1.54, 1.807) is 0 Å². The van der Waals surface area contributed by atoms with Crippen LogP contribution in [0.15, 0.2) is 23.7 Å². The average molecular weight is 420 g/mol. The monoisotopic (exact) mass is 420 g/mol. The Labute approximate surface area is 165 Å². The Morgan fingerprint density at radius 1 is 1.21 bits per heavy atom. The van der Waals surface area contributed by atoms with Gasteiger partial charge in [0, 0.05) is 18.2 Å². The van der Waals surface area contributed by atoms with E-state index < -0.39 is 36.2 Å². The first-order valence-electron chi connectivity index (χ1n) is 8.45. The molecule has 0 radical (unpaired) electrons. The number of hydrogen-bond donors (Lipinski definition) is 0. The summed E-state index contributed by atoms with van der Waals surface area (Å²) < 4.78 is 67.3. The lowest BCUT2D eigenvalue weighted by atomic mass is 9.78. The fourth-order valence-corrected chi connectivity index (χ4v) is 2.98. The van der Waals surface area contributed by atoms with E-state index in [0.29, 0.717) is 5.47 Å². The maximum Gasteiger partial charge on any atom is 0.573 e. The number of halogens is 4. The van der Waals surface area contributed by atoms with E-state index in [4.69, 9.17) is 9.31 Å². The van der Waals surface area contributed by atoms with E-state index in [0.717, 1.165) is 30.0 Å². The molecule has 154 valence electrons. The summed E-state index contributed by atoms with van der Waals surface area (Å²) in [5, 5.41) is -0.169. The molecule has 1 fully saturated rings. The SMILES string of the molecule is CC(=O)SCC(=Cc1cc(OC(F)(F)F)ccc1F)B1OC(C)(C)C(C)(C)O1. The number of ether oxygens (including phenoxy) is 1. The van der Waals surface area contributed by atoms with Gasteiger partial charge in [-0.25, -0.2) is 4.39 Å². The van der Waals surface area contributed by atoms with Crippen LogP contribution in [0, 0.1) is 5.82 Å². The average Bonchev–Trinajstić information content (AvgIpc) is 2.73. The molecule has 0 atom stereocenters. The van der Waals surface area contributed by atoms with Crippen molar-refractivity contribution in [3.63, 3.8) is 0 Å². The highest BCUT2D eigenvalue weighted by molar-refractivity contribution is 8.13. The summed E-state index contributed by atoms with van der Waals surface area (Å²) in [4.78, 5) is 11.4. The van der Waals surface area contributed by atoms with Crippen LogP contribution in [0.1, 0.15) is 40.2 Å². The van der Waals surface area contributed by atoms with Gasteiger partial charge < -0.3 is 14.0 Å². The van der Waals surface area contributed by atoms with Gasteiger partial charge in [-0.1, -0.05) is 17.8 Å². The van der Waals surface area contributed by atoms with E-state index in [2.05, 4.69) is 4.74 Å². The summed E-state index contributed by atoms with van der Waals surface area (Å²) in [5.74, 6) is -1.15. The van der Waals surface area contributed by atoms with E-state index in [9.17, 15) is 22.4 Å². The first-order valence-corrected chi connectivity index (χ1v) is 9.43. The second-order valence-electron chi connectivity index (χ2n) is 7.32. The van der Waals surface area contributed by atoms with Crippen molar-refractivity contribution in [1.29, 1.82) is 0 Å². The summed E-state index contributed by atoms with van der Waals surface area (Å²) in [6.45, 7) is 8.72. The van der Waals surface area contributed by atoms with Crippen LogP contribution in [-0.2, 0) is 14.1 Å². The summed E-state index contributed by atoms with van der Waals surface area (Å²) in [7, 11) is -0.872. The molecule has 2 rings (SSSR count). The molecule has 10 heteroatoms. The minimum absolute atomic E-state index is 0.129. The predicted octanol–water partition coefficient (Wildman–Crippen LogP) is 5.02. The second-order valence-corrected chi connectivity index (χ2v) is 8.47. The zero-order valence-electron chi connectivity index (χ0n) is 16.1. The highest BCUT2D eigenvalue weighted by Crippen LogP contribution is 2.39. The molecule has 1 aromatic carbocycles.